The molecule has 1 aromatic rings. The van der Waals surface area contributed by atoms with Gasteiger partial charge in [0.25, 0.3) is 0 Å². The summed E-state index contributed by atoms with van der Waals surface area (Å²) < 4.78 is 0.944. The van der Waals surface area contributed by atoms with Gasteiger partial charge in [-0.3, -0.25) is 4.79 Å². The topological polar surface area (TPSA) is 78.4 Å². The number of amides is 2. The summed E-state index contributed by atoms with van der Waals surface area (Å²) in [4.78, 5) is 22.4. The molecular weight excluding hydrogens is 312 g/mol. The third kappa shape index (κ3) is 5.30. The number of urea groups is 1. The van der Waals surface area contributed by atoms with Gasteiger partial charge >= 0.3 is 12.0 Å². The number of hydrogen-bond acceptors (Lipinski definition) is 2. The molecule has 0 heterocycles. The van der Waals surface area contributed by atoms with E-state index >= 15 is 0 Å². The normalized spacial score (nSPS) is 10.9. The minimum atomic E-state index is -0.979. The van der Waals surface area contributed by atoms with Gasteiger partial charge in [-0.15, -0.1) is 0 Å². The van der Waals surface area contributed by atoms with Crippen molar-refractivity contribution in [3.05, 3.63) is 34.3 Å². The molecule has 0 fully saturated rings. The highest BCUT2D eigenvalue weighted by molar-refractivity contribution is 9.10. The fraction of sp³-hybridized carbons (Fsp3) is 0.385. The second-order valence-corrected chi connectivity index (χ2v) is 5.77. The van der Waals surface area contributed by atoms with Gasteiger partial charge < -0.3 is 15.7 Å². The van der Waals surface area contributed by atoms with Crippen molar-refractivity contribution in [2.24, 2.45) is 5.41 Å². The molecule has 0 bridgehead atoms. The Morgan fingerprint density at radius 2 is 2.00 bits per heavy atom. The van der Waals surface area contributed by atoms with Crippen LogP contribution in [0.4, 0.5) is 4.79 Å². The van der Waals surface area contributed by atoms with Crippen molar-refractivity contribution in [1.82, 2.24) is 10.6 Å². The number of nitrogens with one attached hydrogen (secondary N) is 2. The number of carboxylic acids is 1. The Bertz CT molecular complexity index is 475. The van der Waals surface area contributed by atoms with Crippen molar-refractivity contribution < 1.29 is 14.7 Å². The van der Waals surface area contributed by atoms with E-state index < -0.39 is 11.4 Å². The van der Waals surface area contributed by atoms with E-state index in [2.05, 4.69) is 26.6 Å². The maximum Gasteiger partial charge on any atom is 0.315 e. The predicted molar refractivity (Wildman–Crippen MR) is 75.8 cm³/mol. The molecule has 0 aliphatic carbocycles. The van der Waals surface area contributed by atoms with Crippen LogP contribution in [0.2, 0.25) is 0 Å². The highest BCUT2D eigenvalue weighted by atomic mass is 79.9. The molecule has 19 heavy (non-hydrogen) atoms. The first-order chi connectivity index (χ1) is 8.81. The van der Waals surface area contributed by atoms with Crippen LogP contribution >= 0.6 is 15.9 Å². The molecule has 0 aliphatic rings. The van der Waals surface area contributed by atoms with Crippen molar-refractivity contribution >= 4 is 27.9 Å². The van der Waals surface area contributed by atoms with E-state index in [1.54, 1.807) is 13.8 Å². The summed E-state index contributed by atoms with van der Waals surface area (Å²) in [6, 6.07) is 7.20. The molecule has 0 saturated carbocycles. The Kier molecular flexibility index (Phi) is 5.35. The molecule has 104 valence electrons. The highest BCUT2D eigenvalue weighted by Gasteiger charge is 2.27. The van der Waals surface area contributed by atoms with Gasteiger partial charge in [0, 0.05) is 17.6 Å². The van der Waals surface area contributed by atoms with Crippen LogP contribution in [0.1, 0.15) is 19.4 Å². The fourth-order valence-corrected chi connectivity index (χ4v) is 1.72. The lowest BCUT2D eigenvalue weighted by Crippen LogP contribution is -2.43. The number of rotatable bonds is 5. The summed E-state index contributed by atoms with van der Waals surface area (Å²) in [5, 5.41) is 14.1. The van der Waals surface area contributed by atoms with Gasteiger partial charge in [-0.05, 0) is 31.5 Å². The predicted octanol–water partition coefficient (Wildman–Crippen LogP) is 2.36. The van der Waals surface area contributed by atoms with Crippen LogP contribution in [-0.4, -0.2) is 23.7 Å². The van der Waals surface area contributed by atoms with E-state index in [1.165, 1.54) is 0 Å². The van der Waals surface area contributed by atoms with Crippen LogP contribution in [-0.2, 0) is 11.3 Å². The molecule has 2 amide bonds. The smallest absolute Gasteiger partial charge is 0.315 e. The molecule has 1 aromatic carbocycles. The first-order valence-corrected chi connectivity index (χ1v) is 6.60. The van der Waals surface area contributed by atoms with E-state index in [-0.39, 0.29) is 12.6 Å². The summed E-state index contributed by atoms with van der Waals surface area (Å²) in [6.45, 7) is 3.58. The summed E-state index contributed by atoms with van der Waals surface area (Å²) in [7, 11) is 0. The molecule has 0 aliphatic heterocycles. The van der Waals surface area contributed by atoms with E-state index in [0.29, 0.717) is 6.54 Å². The molecule has 0 atom stereocenters. The van der Waals surface area contributed by atoms with Crippen LogP contribution in [0.25, 0.3) is 0 Å². The maximum absolute atomic E-state index is 11.5. The van der Waals surface area contributed by atoms with E-state index in [9.17, 15) is 9.59 Å². The lowest BCUT2D eigenvalue weighted by Gasteiger charge is -2.19. The molecule has 0 saturated heterocycles. The molecule has 0 radical (unpaired) electrons. The van der Waals surface area contributed by atoms with Gasteiger partial charge in [0.15, 0.2) is 0 Å². The number of benzene rings is 1. The minimum Gasteiger partial charge on any atom is -0.481 e. The Morgan fingerprint density at radius 1 is 1.32 bits per heavy atom. The summed E-state index contributed by atoms with van der Waals surface area (Å²) in [5.74, 6) is -0.945. The standard InChI is InChI=1S/C13H17BrN2O3/c1-13(2,11(17)18)8-16-12(19)15-7-9-4-3-5-10(14)6-9/h3-6H,7-8H2,1-2H3,(H,17,18)(H2,15,16,19). The van der Waals surface area contributed by atoms with Crippen LogP contribution in [0.3, 0.4) is 0 Å². The van der Waals surface area contributed by atoms with Crippen molar-refractivity contribution in [3.8, 4) is 0 Å². The average molecular weight is 329 g/mol. The lowest BCUT2D eigenvalue weighted by molar-refractivity contribution is -0.146. The van der Waals surface area contributed by atoms with Crippen LogP contribution in [0.15, 0.2) is 28.7 Å². The van der Waals surface area contributed by atoms with Crippen molar-refractivity contribution in [1.29, 1.82) is 0 Å². The molecule has 1 rings (SSSR count). The first-order valence-electron chi connectivity index (χ1n) is 5.81. The van der Waals surface area contributed by atoms with Crippen molar-refractivity contribution in [2.45, 2.75) is 20.4 Å². The minimum absolute atomic E-state index is 0.0760. The van der Waals surface area contributed by atoms with Crippen molar-refractivity contribution in [2.75, 3.05) is 6.54 Å². The van der Waals surface area contributed by atoms with Crippen LogP contribution in [0, 0.1) is 5.41 Å². The Labute approximate surface area is 120 Å². The third-order valence-electron chi connectivity index (χ3n) is 2.61. The van der Waals surface area contributed by atoms with Crippen molar-refractivity contribution in [3.63, 3.8) is 0 Å². The highest BCUT2D eigenvalue weighted by Crippen LogP contribution is 2.13. The number of aliphatic carboxylic acids is 1. The monoisotopic (exact) mass is 328 g/mol. The number of carbonyl (C=O) groups is 2. The Hall–Kier alpha value is -1.56. The Morgan fingerprint density at radius 3 is 2.58 bits per heavy atom. The third-order valence-corrected chi connectivity index (χ3v) is 3.11. The van der Waals surface area contributed by atoms with Gasteiger partial charge in [-0.25, -0.2) is 4.79 Å². The Balaban J connectivity index is 2.39. The quantitative estimate of drug-likeness (QED) is 0.776. The zero-order valence-corrected chi connectivity index (χ0v) is 12.5. The number of carbonyl (C=O) groups excluding carboxylic acids is 1. The molecular formula is C13H17BrN2O3. The molecule has 0 aromatic heterocycles. The van der Waals surface area contributed by atoms with Crippen LogP contribution < -0.4 is 10.6 Å². The van der Waals surface area contributed by atoms with Gasteiger partial charge in [-0.2, -0.15) is 0 Å². The fourth-order valence-electron chi connectivity index (χ4n) is 1.27. The van der Waals surface area contributed by atoms with Gasteiger partial charge in [-0.1, -0.05) is 28.1 Å². The number of carboxylic acid groups (broad SMARTS) is 1. The van der Waals surface area contributed by atoms with E-state index in [0.717, 1.165) is 10.0 Å². The van der Waals surface area contributed by atoms with Gasteiger partial charge in [0.05, 0.1) is 5.41 Å². The number of hydrogen-bond donors (Lipinski definition) is 3. The SMILES string of the molecule is CC(C)(CNC(=O)NCc1cccc(Br)c1)C(=O)O. The zero-order chi connectivity index (χ0) is 14.5. The summed E-state index contributed by atoms with van der Waals surface area (Å²) >= 11 is 3.35. The zero-order valence-electron chi connectivity index (χ0n) is 10.9. The molecule has 3 N–H and O–H groups in total. The molecule has 0 spiro atoms. The second kappa shape index (κ2) is 6.56. The van der Waals surface area contributed by atoms with Gasteiger partial charge in [0.2, 0.25) is 0 Å². The average Bonchev–Trinajstić information content (AvgIpc) is 2.34. The first kappa shape index (κ1) is 15.5. The second-order valence-electron chi connectivity index (χ2n) is 4.86. The van der Waals surface area contributed by atoms with Crippen LogP contribution in [0.5, 0.6) is 0 Å². The molecule has 6 heteroatoms. The van der Waals surface area contributed by atoms with E-state index in [1.807, 2.05) is 24.3 Å². The maximum atomic E-state index is 11.5. The summed E-state index contributed by atoms with van der Waals surface area (Å²) in [5.41, 5.74) is -0.0188. The van der Waals surface area contributed by atoms with E-state index in [4.69, 9.17) is 5.11 Å². The lowest BCUT2D eigenvalue weighted by atomic mass is 9.94. The largest absolute Gasteiger partial charge is 0.481 e. The summed E-state index contributed by atoms with van der Waals surface area (Å²) in [6.07, 6.45) is 0. The molecule has 5 nitrogen and oxygen atoms in total. The van der Waals surface area contributed by atoms with Gasteiger partial charge in [0.1, 0.15) is 0 Å². The molecule has 0 unspecified atom stereocenters. The number of halogens is 1.